The summed E-state index contributed by atoms with van der Waals surface area (Å²) in [6.07, 6.45) is 1.80. The van der Waals surface area contributed by atoms with E-state index in [9.17, 15) is 0 Å². The predicted octanol–water partition coefficient (Wildman–Crippen LogP) is 4.55. The molecule has 0 unspecified atom stereocenters. The fourth-order valence-electron chi connectivity index (χ4n) is 1.79. The standard InChI is InChI=1S/C15H12N2S/c1-2-4-12(5-3-1)13-6-8-14(9-7-13)17-15-16-10-11-18-15/h1-11H,(H,16,17). The molecular weight excluding hydrogens is 240 g/mol. The highest BCUT2D eigenvalue weighted by atomic mass is 32.1. The Kier molecular flexibility index (Phi) is 3.07. The molecule has 1 aromatic heterocycles. The topological polar surface area (TPSA) is 24.9 Å². The number of hydrogen-bond donors (Lipinski definition) is 1. The Labute approximate surface area is 110 Å². The number of rotatable bonds is 3. The summed E-state index contributed by atoms with van der Waals surface area (Å²) in [5.74, 6) is 0. The van der Waals surface area contributed by atoms with E-state index in [4.69, 9.17) is 0 Å². The van der Waals surface area contributed by atoms with E-state index in [0.29, 0.717) is 0 Å². The smallest absolute Gasteiger partial charge is 0.187 e. The van der Waals surface area contributed by atoms with Crippen molar-refractivity contribution >= 4 is 22.2 Å². The molecule has 2 nitrogen and oxygen atoms in total. The van der Waals surface area contributed by atoms with Crippen LogP contribution in [0, 0.1) is 0 Å². The second kappa shape index (κ2) is 5.02. The van der Waals surface area contributed by atoms with Gasteiger partial charge in [0.05, 0.1) is 0 Å². The minimum absolute atomic E-state index is 0.919. The molecule has 0 saturated heterocycles. The summed E-state index contributed by atoms with van der Waals surface area (Å²) >= 11 is 1.60. The fourth-order valence-corrected chi connectivity index (χ4v) is 2.33. The van der Waals surface area contributed by atoms with Gasteiger partial charge in [0.2, 0.25) is 0 Å². The first-order valence-electron chi connectivity index (χ1n) is 5.74. The Morgan fingerprint density at radius 2 is 1.56 bits per heavy atom. The average Bonchev–Trinajstić information content (AvgIpc) is 2.94. The lowest BCUT2D eigenvalue weighted by Gasteiger charge is -2.05. The largest absolute Gasteiger partial charge is 0.332 e. The van der Waals surface area contributed by atoms with E-state index in [-0.39, 0.29) is 0 Å². The maximum Gasteiger partial charge on any atom is 0.187 e. The molecule has 0 radical (unpaired) electrons. The number of anilines is 2. The third kappa shape index (κ3) is 2.41. The summed E-state index contributed by atoms with van der Waals surface area (Å²) < 4.78 is 0. The number of benzene rings is 2. The maximum atomic E-state index is 4.20. The van der Waals surface area contributed by atoms with Crippen molar-refractivity contribution in [2.24, 2.45) is 0 Å². The SMILES string of the molecule is c1ccc(-c2ccc(Nc3nccs3)cc2)cc1. The van der Waals surface area contributed by atoms with Crippen LogP contribution in [-0.4, -0.2) is 4.98 Å². The van der Waals surface area contributed by atoms with Crippen molar-refractivity contribution in [3.63, 3.8) is 0 Å². The van der Waals surface area contributed by atoms with Gasteiger partial charge in [-0.3, -0.25) is 0 Å². The zero-order valence-electron chi connectivity index (χ0n) is 9.71. The first-order chi connectivity index (χ1) is 8.92. The Morgan fingerprint density at radius 1 is 0.833 bits per heavy atom. The normalized spacial score (nSPS) is 10.2. The third-order valence-corrected chi connectivity index (χ3v) is 3.36. The van der Waals surface area contributed by atoms with Crippen LogP contribution >= 0.6 is 11.3 Å². The van der Waals surface area contributed by atoms with Crippen LogP contribution in [0.4, 0.5) is 10.8 Å². The fraction of sp³-hybridized carbons (Fsp3) is 0. The van der Waals surface area contributed by atoms with Crippen molar-refractivity contribution in [1.29, 1.82) is 0 Å². The van der Waals surface area contributed by atoms with E-state index in [1.165, 1.54) is 11.1 Å². The first kappa shape index (κ1) is 11.0. The van der Waals surface area contributed by atoms with E-state index < -0.39 is 0 Å². The molecule has 1 heterocycles. The lowest BCUT2D eigenvalue weighted by Crippen LogP contribution is -1.88. The molecule has 0 aliphatic heterocycles. The van der Waals surface area contributed by atoms with Crippen LogP contribution in [0.15, 0.2) is 66.2 Å². The van der Waals surface area contributed by atoms with E-state index >= 15 is 0 Å². The van der Waals surface area contributed by atoms with Gasteiger partial charge in [0.15, 0.2) is 5.13 Å². The van der Waals surface area contributed by atoms with Gasteiger partial charge in [-0.05, 0) is 23.3 Å². The molecule has 0 atom stereocenters. The molecule has 0 amide bonds. The summed E-state index contributed by atoms with van der Waals surface area (Å²) in [7, 11) is 0. The molecule has 0 saturated carbocycles. The van der Waals surface area contributed by atoms with E-state index in [1.807, 2.05) is 11.4 Å². The van der Waals surface area contributed by atoms with Crippen LogP contribution in [0.1, 0.15) is 0 Å². The Morgan fingerprint density at radius 3 is 2.22 bits per heavy atom. The third-order valence-electron chi connectivity index (χ3n) is 2.68. The summed E-state index contributed by atoms with van der Waals surface area (Å²) in [6, 6.07) is 18.7. The van der Waals surface area contributed by atoms with Crippen molar-refractivity contribution in [3.05, 3.63) is 66.2 Å². The lowest BCUT2D eigenvalue weighted by molar-refractivity contribution is 1.39. The summed E-state index contributed by atoms with van der Waals surface area (Å²) in [5.41, 5.74) is 3.52. The lowest BCUT2D eigenvalue weighted by atomic mass is 10.1. The molecule has 18 heavy (non-hydrogen) atoms. The van der Waals surface area contributed by atoms with Gasteiger partial charge in [0, 0.05) is 17.3 Å². The van der Waals surface area contributed by atoms with Crippen molar-refractivity contribution in [1.82, 2.24) is 4.98 Å². The molecular formula is C15H12N2S. The molecule has 3 heteroatoms. The molecule has 0 fully saturated rings. The average molecular weight is 252 g/mol. The van der Waals surface area contributed by atoms with Crippen LogP contribution in [0.5, 0.6) is 0 Å². The summed E-state index contributed by atoms with van der Waals surface area (Å²) in [6.45, 7) is 0. The summed E-state index contributed by atoms with van der Waals surface area (Å²) in [5, 5.41) is 6.15. The maximum absolute atomic E-state index is 4.20. The zero-order chi connectivity index (χ0) is 12.2. The van der Waals surface area contributed by atoms with Gasteiger partial charge in [0.25, 0.3) is 0 Å². The van der Waals surface area contributed by atoms with Gasteiger partial charge in [-0.2, -0.15) is 0 Å². The quantitative estimate of drug-likeness (QED) is 0.739. The van der Waals surface area contributed by atoms with Crippen molar-refractivity contribution in [2.45, 2.75) is 0 Å². The van der Waals surface area contributed by atoms with Gasteiger partial charge in [0.1, 0.15) is 0 Å². The zero-order valence-corrected chi connectivity index (χ0v) is 10.5. The second-order valence-corrected chi connectivity index (χ2v) is 4.80. The minimum atomic E-state index is 0.919. The van der Waals surface area contributed by atoms with Gasteiger partial charge in [-0.1, -0.05) is 42.5 Å². The van der Waals surface area contributed by atoms with Gasteiger partial charge in [-0.25, -0.2) is 4.98 Å². The molecule has 88 valence electrons. The molecule has 0 spiro atoms. The van der Waals surface area contributed by atoms with E-state index in [2.05, 4.69) is 58.8 Å². The van der Waals surface area contributed by atoms with Crippen LogP contribution in [-0.2, 0) is 0 Å². The summed E-state index contributed by atoms with van der Waals surface area (Å²) in [4.78, 5) is 4.20. The Balaban J connectivity index is 1.81. The van der Waals surface area contributed by atoms with E-state index in [0.717, 1.165) is 10.8 Å². The van der Waals surface area contributed by atoms with Crippen molar-refractivity contribution < 1.29 is 0 Å². The molecule has 3 rings (SSSR count). The molecule has 2 aromatic carbocycles. The molecule has 1 N–H and O–H groups in total. The predicted molar refractivity (Wildman–Crippen MR) is 77.3 cm³/mol. The van der Waals surface area contributed by atoms with Crippen LogP contribution < -0.4 is 5.32 Å². The second-order valence-electron chi connectivity index (χ2n) is 3.91. The molecule has 0 aliphatic rings. The highest BCUT2D eigenvalue weighted by Gasteiger charge is 1.98. The molecule has 3 aromatic rings. The number of thiazole rings is 1. The van der Waals surface area contributed by atoms with Gasteiger partial charge >= 0.3 is 0 Å². The first-order valence-corrected chi connectivity index (χ1v) is 6.62. The molecule has 0 aliphatic carbocycles. The van der Waals surface area contributed by atoms with Crippen LogP contribution in [0.2, 0.25) is 0 Å². The highest BCUT2D eigenvalue weighted by Crippen LogP contribution is 2.23. The number of hydrogen-bond acceptors (Lipinski definition) is 3. The monoisotopic (exact) mass is 252 g/mol. The van der Waals surface area contributed by atoms with Gasteiger partial charge < -0.3 is 5.32 Å². The highest BCUT2D eigenvalue weighted by molar-refractivity contribution is 7.13. The van der Waals surface area contributed by atoms with Crippen molar-refractivity contribution in [2.75, 3.05) is 5.32 Å². The number of aromatic nitrogens is 1. The Hall–Kier alpha value is -2.13. The minimum Gasteiger partial charge on any atom is -0.332 e. The molecule has 0 bridgehead atoms. The number of nitrogens with zero attached hydrogens (tertiary/aromatic N) is 1. The van der Waals surface area contributed by atoms with Gasteiger partial charge in [-0.15, -0.1) is 11.3 Å². The van der Waals surface area contributed by atoms with Crippen LogP contribution in [0.25, 0.3) is 11.1 Å². The Bertz CT molecular complexity index is 601. The van der Waals surface area contributed by atoms with Crippen LogP contribution in [0.3, 0.4) is 0 Å². The number of nitrogens with one attached hydrogen (secondary N) is 1. The van der Waals surface area contributed by atoms with Crippen molar-refractivity contribution in [3.8, 4) is 11.1 Å². The van der Waals surface area contributed by atoms with E-state index in [1.54, 1.807) is 17.5 Å².